The normalized spacial score (nSPS) is 18.6. The Labute approximate surface area is 99.8 Å². The summed E-state index contributed by atoms with van der Waals surface area (Å²) in [5, 5.41) is 0. The molecule has 4 heteroatoms. The Morgan fingerprint density at radius 3 is 2.65 bits per heavy atom. The van der Waals surface area contributed by atoms with Gasteiger partial charge in [-0.05, 0) is 43.9 Å². The molecule has 17 heavy (non-hydrogen) atoms. The molecule has 1 aromatic rings. The van der Waals surface area contributed by atoms with Crippen LogP contribution in [0.4, 0.5) is 4.39 Å². The molecule has 0 amide bonds. The standard InChI is InChI=1S/C13H16FNO2/c1-13(15,9-4-5-9)12(16)8-3-6-11(17-2)10(14)7-8/h3,6-7,9H,4-5,15H2,1-2H3. The summed E-state index contributed by atoms with van der Waals surface area (Å²) in [5.74, 6) is -0.390. The number of ether oxygens (including phenoxy) is 1. The highest BCUT2D eigenvalue weighted by Gasteiger charge is 2.44. The number of benzene rings is 1. The van der Waals surface area contributed by atoms with Crippen LogP contribution < -0.4 is 10.5 Å². The molecule has 0 bridgehead atoms. The molecule has 1 fully saturated rings. The van der Waals surface area contributed by atoms with Crippen LogP contribution in [0.5, 0.6) is 5.75 Å². The first-order valence-electron chi connectivity index (χ1n) is 5.64. The molecule has 3 nitrogen and oxygen atoms in total. The molecule has 1 unspecified atom stereocenters. The minimum atomic E-state index is -0.888. The molecule has 2 rings (SSSR count). The maximum atomic E-state index is 13.5. The Morgan fingerprint density at radius 2 is 2.18 bits per heavy atom. The molecule has 1 aromatic carbocycles. The van der Waals surface area contributed by atoms with Gasteiger partial charge in [0, 0.05) is 5.56 Å². The fourth-order valence-corrected chi connectivity index (χ4v) is 1.99. The molecule has 0 aliphatic heterocycles. The Balaban J connectivity index is 2.28. The van der Waals surface area contributed by atoms with E-state index in [0.29, 0.717) is 5.56 Å². The van der Waals surface area contributed by atoms with Gasteiger partial charge in [0.25, 0.3) is 0 Å². The second kappa shape index (κ2) is 4.11. The molecule has 0 heterocycles. The van der Waals surface area contributed by atoms with E-state index in [1.165, 1.54) is 19.2 Å². The van der Waals surface area contributed by atoms with Gasteiger partial charge in [-0.15, -0.1) is 0 Å². The first-order chi connectivity index (χ1) is 7.96. The van der Waals surface area contributed by atoms with Crippen LogP contribution in [0.1, 0.15) is 30.1 Å². The zero-order valence-corrected chi connectivity index (χ0v) is 10.00. The summed E-state index contributed by atoms with van der Waals surface area (Å²) in [6, 6.07) is 4.19. The van der Waals surface area contributed by atoms with Crippen LogP contribution >= 0.6 is 0 Å². The van der Waals surface area contributed by atoms with Crippen molar-refractivity contribution in [2.24, 2.45) is 11.7 Å². The second-order valence-corrected chi connectivity index (χ2v) is 4.74. The summed E-state index contributed by atoms with van der Waals surface area (Å²) in [6.07, 6.45) is 1.94. The molecule has 92 valence electrons. The third-order valence-corrected chi connectivity index (χ3v) is 3.33. The molecular formula is C13H16FNO2. The summed E-state index contributed by atoms with van der Waals surface area (Å²) in [6.45, 7) is 1.72. The molecule has 0 aromatic heterocycles. The highest BCUT2D eigenvalue weighted by molar-refractivity contribution is 6.03. The van der Waals surface area contributed by atoms with Gasteiger partial charge in [0.05, 0.1) is 12.6 Å². The number of Topliss-reactive ketones (excluding diaryl/α,β-unsaturated/α-hetero) is 1. The molecule has 2 N–H and O–H groups in total. The number of methoxy groups -OCH3 is 1. The smallest absolute Gasteiger partial charge is 0.182 e. The van der Waals surface area contributed by atoms with Crippen LogP contribution in [0.15, 0.2) is 18.2 Å². The van der Waals surface area contributed by atoms with E-state index < -0.39 is 11.4 Å². The second-order valence-electron chi connectivity index (χ2n) is 4.74. The number of carbonyl (C=O) groups is 1. The highest BCUT2D eigenvalue weighted by atomic mass is 19.1. The van der Waals surface area contributed by atoms with Crippen molar-refractivity contribution in [1.82, 2.24) is 0 Å². The number of ketones is 1. The molecule has 1 aliphatic carbocycles. The van der Waals surface area contributed by atoms with Crippen molar-refractivity contribution >= 4 is 5.78 Å². The molecular weight excluding hydrogens is 221 g/mol. The van der Waals surface area contributed by atoms with E-state index >= 15 is 0 Å². The predicted octanol–water partition coefficient (Wildman–Crippen LogP) is 2.14. The topological polar surface area (TPSA) is 52.3 Å². The number of hydrogen-bond donors (Lipinski definition) is 1. The monoisotopic (exact) mass is 237 g/mol. The van der Waals surface area contributed by atoms with Crippen LogP contribution in [-0.2, 0) is 0 Å². The van der Waals surface area contributed by atoms with Gasteiger partial charge in [-0.25, -0.2) is 4.39 Å². The Bertz CT molecular complexity index is 453. The van der Waals surface area contributed by atoms with Crippen molar-refractivity contribution in [3.8, 4) is 5.75 Å². The zero-order valence-electron chi connectivity index (χ0n) is 10.00. The number of nitrogens with two attached hydrogens (primary N) is 1. The number of carbonyl (C=O) groups excluding carboxylic acids is 1. The molecule has 1 saturated carbocycles. The summed E-state index contributed by atoms with van der Waals surface area (Å²) in [7, 11) is 1.39. The average molecular weight is 237 g/mol. The molecule has 0 spiro atoms. The fraction of sp³-hybridized carbons (Fsp3) is 0.462. The first kappa shape index (κ1) is 12.0. The molecule has 1 aliphatic rings. The average Bonchev–Trinajstić information content (AvgIpc) is 3.11. The van der Waals surface area contributed by atoms with E-state index in [1.807, 2.05) is 0 Å². The van der Waals surface area contributed by atoms with Gasteiger partial charge >= 0.3 is 0 Å². The van der Waals surface area contributed by atoms with Crippen LogP contribution in [0.3, 0.4) is 0 Å². The van der Waals surface area contributed by atoms with E-state index in [0.717, 1.165) is 12.8 Å². The fourth-order valence-electron chi connectivity index (χ4n) is 1.99. The third-order valence-electron chi connectivity index (χ3n) is 3.33. The van der Waals surface area contributed by atoms with Crippen LogP contribution in [0, 0.1) is 11.7 Å². The van der Waals surface area contributed by atoms with Crippen molar-refractivity contribution in [1.29, 1.82) is 0 Å². The molecule has 1 atom stereocenters. The summed E-state index contributed by atoms with van der Waals surface area (Å²) >= 11 is 0. The quantitative estimate of drug-likeness (QED) is 0.816. The van der Waals surface area contributed by atoms with Crippen LogP contribution in [-0.4, -0.2) is 18.4 Å². The van der Waals surface area contributed by atoms with E-state index in [4.69, 9.17) is 10.5 Å². The predicted molar refractivity (Wildman–Crippen MR) is 62.6 cm³/mol. The SMILES string of the molecule is COc1ccc(C(=O)C(C)(N)C2CC2)cc1F. The minimum Gasteiger partial charge on any atom is -0.494 e. The van der Waals surface area contributed by atoms with E-state index in [1.54, 1.807) is 13.0 Å². The van der Waals surface area contributed by atoms with Crippen molar-refractivity contribution in [2.45, 2.75) is 25.3 Å². The van der Waals surface area contributed by atoms with E-state index in [9.17, 15) is 9.18 Å². The maximum absolute atomic E-state index is 13.5. The lowest BCUT2D eigenvalue weighted by atomic mass is 9.87. The van der Waals surface area contributed by atoms with Crippen LogP contribution in [0.2, 0.25) is 0 Å². The first-order valence-corrected chi connectivity index (χ1v) is 5.64. The van der Waals surface area contributed by atoms with Gasteiger partial charge in [0.1, 0.15) is 0 Å². The summed E-state index contributed by atoms with van der Waals surface area (Å²) in [4.78, 5) is 12.2. The third kappa shape index (κ3) is 2.17. The summed E-state index contributed by atoms with van der Waals surface area (Å²) < 4.78 is 18.3. The highest BCUT2D eigenvalue weighted by Crippen LogP contribution is 2.39. The van der Waals surface area contributed by atoms with Gasteiger partial charge in [0.15, 0.2) is 17.3 Å². The Hall–Kier alpha value is -1.42. The van der Waals surface area contributed by atoms with Gasteiger partial charge < -0.3 is 10.5 Å². The lowest BCUT2D eigenvalue weighted by molar-refractivity contribution is 0.0883. The number of hydrogen-bond acceptors (Lipinski definition) is 3. The largest absolute Gasteiger partial charge is 0.494 e. The summed E-state index contributed by atoms with van der Waals surface area (Å²) in [5.41, 5.74) is 5.43. The van der Waals surface area contributed by atoms with Crippen LogP contribution in [0.25, 0.3) is 0 Å². The Kier molecular flexibility index (Phi) is 2.91. The van der Waals surface area contributed by atoms with Crippen molar-refractivity contribution < 1.29 is 13.9 Å². The van der Waals surface area contributed by atoms with Crippen molar-refractivity contribution in [2.75, 3.05) is 7.11 Å². The van der Waals surface area contributed by atoms with Crippen molar-refractivity contribution in [3.63, 3.8) is 0 Å². The molecule has 0 radical (unpaired) electrons. The lowest BCUT2D eigenvalue weighted by Gasteiger charge is -2.22. The van der Waals surface area contributed by atoms with Gasteiger partial charge in [-0.3, -0.25) is 4.79 Å². The number of rotatable bonds is 4. The maximum Gasteiger partial charge on any atom is 0.182 e. The number of halogens is 1. The van der Waals surface area contributed by atoms with Gasteiger partial charge in [-0.2, -0.15) is 0 Å². The minimum absolute atomic E-state index is 0.131. The van der Waals surface area contributed by atoms with Gasteiger partial charge in [0.2, 0.25) is 0 Å². The van der Waals surface area contributed by atoms with Crippen molar-refractivity contribution in [3.05, 3.63) is 29.6 Å². The lowest BCUT2D eigenvalue weighted by Crippen LogP contribution is -2.47. The van der Waals surface area contributed by atoms with E-state index in [-0.39, 0.29) is 17.5 Å². The van der Waals surface area contributed by atoms with Gasteiger partial charge in [-0.1, -0.05) is 0 Å². The Morgan fingerprint density at radius 1 is 1.53 bits per heavy atom. The van der Waals surface area contributed by atoms with E-state index in [2.05, 4.69) is 0 Å². The zero-order chi connectivity index (χ0) is 12.6. The molecule has 0 saturated heterocycles.